The first-order valence-electron chi connectivity index (χ1n) is 25.7. The maximum atomic E-state index is 2.47. The van der Waals surface area contributed by atoms with E-state index in [9.17, 15) is 0 Å². The highest BCUT2D eigenvalue weighted by Gasteiger charge is 2.35. The van der Waals surface area contributed by atoms with E-state index in [1.54, 1.807) is 0 Å². The molecule has 1 heteroatoms. The molecular weight excluding hydrogens is 867 g/mol. The van der Waals surface area contributed by atoms with Crippen LogP contribution in [0.2, 0.25) is 0 Å². The van der Waals surface area contributed by atoms with Crippen LogP contribution in [0.4, 0.5) is 17.1 Å². The number of fused-ring (bicyclic) bond motifs is 9. The van der Waals surface area contributed by atoms with Crippen LogP contribution < -0.4 is 4.90 Å². The molecule has 0 amide bonds. The number of hydrogen-bond donors (Lipinski definition) is 0. The van der Waals surface area contributed by atoms with Crippen molar-refractivity contribution < 1.29 is 0 Å². The van der Waals surface area contributed by atoms with Gasteiger partial charge in [0.15, 0.2) is 0 Å². The van der Waals surface area contributed by atoms with Crippen LogP contribution in [-0.2, 0) is 16.2 Å². The quantitative estimate of drug-likeness (QED) is 0.144. The smallest absolute Gasteiger partial charge is 0.0468 e. The molecule has 0 aliphatic heterocycles. The highest BCUT2D eigenvalue weighted by Crippen LogP contribution is 2.52. The van der Waals surface area contributed by atoms with Crippen LogP contribution in [0, 0.1) is 0 Å². The molecule has 0 radical (unpaired) electrons. The minimum Gasteiger partial charge on any atom is -0.310 e. The Kier molecular flexibility index (Phi) is 10.7. The Morgan fingerprint density at radius 3 is 1.42 bits per heavy atom. The van der Waals surface area contributed by atoms with Gasteiger partial charge in [0.2, 0.25) is 0 Å². The van der Waals surface area contributed by atoms with Gasteiger partial charge in [-0.05, 0) is 170 Å². The summed E-state index contributed by atoms with van der Waals surface area (Å²) < 4.78 is 0. The van der Waals surface area contributed by atoms with Crippen molar-refractivity contribution in [3.63, 3.8) is 0 Å². The van der Waals surface area contributed by atoms with Crippen LogP contribution in [0.3, 0.4) is 0 Å². The minimum atomic E-state index is -0.0627. The molecular formula is C71H61N. The normalized spacial score (nSPS) is 13.1. The highest BCUT2D eigenvalue weighted by molar-refractivity contribution is 6.33. The van der Waals surface area contributed by atoms with Crippen molar-refractivity contribution >= 4 is 49.4 Å². The van der Waals surface area contributed by atoms with Crippen molar-refractivity contribution in [3.05, 3.63) is 247 Å². The van der Waals surface area contributed by atoms with Gasteiger partial charge in [-0.15, -0.1) is 0 Å². The van der Waals surface area contributed by atoms with E-state index in [4.69, 9.17) is 0 Å². The van der Waals surface area contributed by atoms with Gasteiger partial charge in [-0.25, -0.2) is 0 Å². The molecule has 1 aliphatic carbocycles. The van der Waals surface area contributed by atoms with Crippen LogP contribution in [0.5, 0.6) is 0 Å². The van der Waals surface area contributed by atoms with E-state index in [-0.39, 0.29) is 16.2 Å². The summed E-state index contributed by atoms with van der Waals surface area (Å²) in [7, 11) is 0. The fourth-order valence-corrected chi connectivity index (χ4v) is 11.7. The molecule has 1 nitrogen and oxygen atoms in total. The predicted molar refractivity (Wildman–Crippen MR) is 310 cm³/mol. The molecule has 11 aromatic rings. The van der Waals surface area contributed by atoms with Crippen LogP contribution in [0.25, 0.3) is 88.0 Å². The van der Waals surface area contributed by atoms with Crippen molar-refractivity contribution in [3.8, 4) is 55.6 Å². The predicted octanol–water partition coefficient (Wildman–Crippen LogP) is 20.2. The molecule has 0 fully saturated rings. The second kappa shape index (κ2) is 17.1. The molecule has 0 heterocycles. The van der Waals surface area contributed by atoms with Gasteiger partial charge in [0, 0.05) is 22.5 Å². The Labute approximate surface area is 426 Å². The maximum Gasteiger partial charge on any atom is 0.0468 e. The summed E-state index contributed by atoms with van der Waals surface area (Å²) in [4.78, 5) is 2.43. The van der Waals surface area contributed by atoms with Gasteiger partial charge >= 0.3 is 0 Å². The summed E-state index contributed by atoms with van der Waals surface area (Å²) in [6, 6.07) is 84.5. The average Bonchev–Trinajstić information content (AvgIpc) is 3.63. The Hall–Kier alpha value is -8.00. The lowest BCUT2D eigenvalue weighted by Gasteiger charge is -2.29. The number of hydrogen-bond acceptors (Lipinski definition) is 1. The molecule has 0 spiro atoms. The molecule has 1 aliphatic rings. The molecule has 0 N–H and O–H groups in total. The van der Waals surface area contributed by atoms with Gasteiger partial charge in [0.05, 0.1) is 0 Å². The molecule has 0 aromatic heterocycles. The van der Waals surface area contributed by atoms with Gasteiger partial charge < -0.3 is 4.90 Å². The molecule has 0 unspecified atom stereocenters. The summed E-state index contributed by atoms with van der Waals surface area (Å²) in [5.74, 6) is 0. The van der Waals surface area contributed by atoms with Crippen molar-refractivity contribution in [1.82, 2.24) is 0 Å². The first-order chi connectivity index (χ1) is 34.7. The number of anilines is 3. The monoisotopic (exact) mass is 927 g/mol. The fourth-order valence-electron chi connectivity index (χ4n) is 11.7. The zero-order valence-corrected chi connectivity index (χ0v) is 42.8. The van der Waals surface area contributed by atoms with Crippen LogP contribution in [0.1, 0.15) is 77.6 Å². The fraction of sp³-hybridized carbons (Fsp3) is 0.155. The third-order valence-electron chi connectivity index (χ3n) is 15.6. The summed E-state index contributed by atoms with van der Waals surface area (Å²) in [6.45, 7) is 18.4. The lowest BCUT2D eigenvalue weighted by molar-refractivity contribution is 0.590. The molecule has 0 bridgehead atoms. The van der Waals surface area contributed by atoms with E-state index >= 15 is 0 Å². The van der Waals surface area contributed by atoms with Gasteiger partial charge in [-0.3, -0.25) is 0 Å². The van der Waals surface area contributed by atoms with E-state index in [0.717, 1.165) is 17.1 Å². The van der Waals surface area contributed by atoms with Gasteiger partial charge in [0.25, 0.3) is 0 Å². The van der Waals surface area contributed by atoms with Crippen molar-refractivity contribution in [2.24, 2.45) is 0 Å². The van der Waals surface area contributed by atoms with Crippen LogP contribution in [0.15, 0.2) is 224 Å². The first kappa shape index (κ1) is 45.2. The molecule has 350 valence electrons. The Morgan fingerprint density at radius 2 is 0.792 bits per heavy atom. The van der Waals surface area contributed by atoms with E-state index in [0.29, 0.717) is 0 Å². The van der Waals surface area contributed by atoms with E-state index in [1.807, 2.05) is 0 Å². The van der Waals surface area contributed by atoms with Gasteiger partial charge in [0.1, 0.15) is 0 Å². The topological polar surface area (TPSA) is 3.24 Å². The van der Waals surface area contributed by atoms with E-state index in [1.165, 1.54) is 110 Å². The third-order valence-corrected chi connectivity index (χ3v) is 15.6. The zero-order chi connectivity index (χ0) is 49.5. The molecule has 0 atom stereocenters. The summed E-state index contributed by atoms with van der Waals surface area (Å²) in [5.41, 5.74) is 21.3. The average molecular weight is 928 g/mol. The molecule has 12 rings (SSSR count). The first-order valence-corrected chi connectivity index (χ1v) is 25.7. The third kappa shape index (κ3) is 7.62. The number of nitrogens with zero attached hydrogens (tertiary/aromatic N) is 1. The lowest BCUT2D eigenvalue weighted by Crippen LogP contribution is -2.14. The zero-order valence-electron chi connectivity index (χ0n) is 42.8. The molecule has 72 heavy (non-hydrogen) atoms. The second-order valence-corrected chi connectivity index (χ2v) is 22.5. The SMILES string of the molecule is CC(C)(C)c1ccc(N(c2ccc(C(C)(C)C)cc2)c2ccc3c(c2)c2ccccc2c2c(-c4ccccc4)cc(-c4ccc(-c5ccc6c(c5)C(C)(C)c5ccccc5-6)cc4)c(-c4ccccc4)c32)cc1. The Balaban J connectivity index is 1.10. The Morgan fingerprint density at radius 1 is 0.306 bits per heavy atom. The molecule has 0 saturated carbocycles. The van der Waals surface area contributed by atoms with E-state index in [2.05, 4.69) is 285 Å². The van der Waals surface area contributed by atoms with E-state index < -0.39 is 0 Å². The molecule has 11 aromatic carbocycles. The highest BCUT2D eigenvalue weighted by atomic mass is 15.1. The number of rotatable bonds is 7. The lowest BCUT2D eigenvalue weighted by atomic mass is 9.81. The van der Waals surface area contributed by atoms with Gasteiger partial charge in [-0.2, -0.15) is 0 Å². The standard InChI is InChI=1S/C71H61N/c1-69(2,3)51-32-36-53(37-33-51)72(54-38-34-52(35-39-54)70(4,5)6)55-40-42-60-63(44-55)56-23-15-16-25-59(56)67-62(47-19-11-9-12-20-47)45-61(66(68(60)67)49-21-13-10-14-22-49)48-29-27-46(28-30-48)50-31-41-58-57-24-17-18-26-64(57)71(7,8)65(58)43-50/h9-45H,1-8H3. The summed E-state index contributed by atoms with van der Waals surface area (Å²) >= 11 is 0. The summed E-state index contributed by atoms with van der Waals surface area (Å²) in [5, 5.41) is 7.47. The maximum absolute atomic E-state index is 2.47. The Bertz CT molecular complexity index is 3790. The largest absolute Gasteiger partial charge is 0.310 e. The minimum absolute atomic E-state index is 0.0454. The van der Waals surface area contributed by atoms with Crippen molar-refractivity contribution in [2.75, 3.05) is 4.90 Å². The van der Waals surface area contributed by atoms with Crippen LogP contribution >= 0.6 is 0 Å². The van der Waals surface area contributed by atoms with Gasteiger partial charge in [-0.1, -0.05) is 231 Å². The second-order valence-electron chi connectivity index (χ2n) is 22.5. The summed E-state index contributed by atoms with van der Waals surface area (Å²) in [6.07, 6.45) is 0. The van der Waals surface area contributed by atoms with Crippen molar-refractivity contribution in [2.45, 2.75) is 71.6 Å². The molecule has 0 saturated heterocycles. The van der Waals surface area contributed by atoms with Crippen LogP contribution in [-0.4, -0.2) is 0 Å². The number of benzene rings is 11. The van der Waals surface area contributed by atoms with Crippen molar-refractivity contribution in [1.29, 1.82) is 0 Å².